The molecule has 7 nitrogen and oxygen atoms in total. The molecular formula is C24H19N5O2S. The molecule has 1 amide bonds. The largest absolute Gasteiger partial charge is 0.482 e. The van der Waals surface area contributed by atoms with E-state index in [2.05, 4.69) is 10.3 Å². The van der Waals surface area contributed by atoms with E-state index in [0.29, 0.717) is 11.4 Å². The number of nitrogens with zero attached hydrogens (tertiary/aromatic N) is 4. The fourth-order valence-electron chi connectivity index (χ4n) is 3.23. The smallest absolute Gasteiger partial charge is 0.262 e. The summed E-state index contributed by atoms with van der Waals surface area (Å²) in [6.07, 6.45) is 5.23. The van der Waals surface area contributed by atoms with Gasteiger partial charge in [0.25, 0.3) is 5.91 Å². The number of aryl methyl sites for hydroxylation is 1. The predicted octanol–water partition coefficient (Wildman–Crippen LogP) is 4.37. The van der Waals surface area contributed by atoms with Crippen LogP contribution >= 0.6 is 11.3 Å². The molecule has 1 aliphatic heterocycles. The second-order valence-corrected chi connectivity index (χ2v) is 8.07. The molecule has 32 heavy (non-hydrogen) atoms. The molecule has 8 heteroatoms. The van der Waals surface area contributed by atoms with Gasteiger partial charge in [-0.25, -0.2) is 9.67 Å². The third kappa shape index (κ3) is 4.21. The minimum Gasteiger partial charge on any atom is -0.482 e. The number of hydrogen-bond donors (Lipinski definition) is 1. The van der Waals surface area contributed by atoms with Gasteiger partial charge in [-0.15, -0.1) is 11.3 Å². The van der Waals surface area contributed by atoms with Gasteiger partial charge in [0.05, 0.1) is 23.3 Å². The first-order valence-electron chi connectivity index (χ1n) is 9.99. The standard InChI is InChI=1S/C24H19N5O2S/c1-16-2-5-19(6-3-16)27-24-29(26-13-17-8-10-25-11-9-17)21(15-32-24)18-4-7-22-20(12-18)28-23(30)14-31-22/h2-13,15H,14H2,1H3,(H,28,30). The number of thiazole rings is 1. The molecule has 5 rings (SSSR count). The van der Waals surface area contributed by atoms with Crippen molar-refractivity contribution in [2.45, 2.75) is 6.92 Å². The first-order valence-corrected chi connectivity index (χ1v) is 10.9. The third-order valence-electron chi connectivity index (χ3n) is 4.88. The molecule has 0 radical (unpaired) electrons. The lowest BCUT2D eigenvalue weighted by atomic mass is 10.1. The maximum absolute atomic E-state index is 11.7. The number of aromatic nitrogens is 2. The lowest BCUT2D eigenvalue weighted by Crippen LogP contribution is -2.25. The van der Waals surface area contributed by atoms with Crippen LogP contribution in [0.25, 0.3) is 11.3 Å². The average molecular weight is 442 g/mol. The number of ether oxygens (including phenoxy) is 1. The van der Waals surface area contributed by atoms with Crippen LogP contribution in [0.15, 0.2) is 82.5 Å². The van der Waals surface area contributed by atoms with Crippen LogP contribution in [0.5, 0.6) is 5.75 Å². The molecule has 0 fully saturated rings. The summed E-state index contributed by atoms with van der Waals surface area (Å²) < 4.78 is 7.29. The summed E-state index contributed by atoms with van der Waals surface area (Å²) in [4.78, 5) is 21.3. The van der Waals surface area contributed by atoms with Crippen molar-refractivity contribution in [3.05, 3.63) is 88.3 Å². The van der Waals surface area contributed by atoms with Gasteiger partial charge in [0.15, 0.2) is 6.61 Å². The third-order valence-corrected chi connectivity index (χ3v) is 5.70. The lowest BCUT2D eigenvalue weighted by molar-refractivity contribution is -0.118. The van der Waals surface area contributed by atoms with E-state index in [1.165, 1.54) is 16.9 Å². The summed E-state index contributed by atoms with van der Waals surface area (Å²) in [6.45, 7) is 2.07. The summed E-state index contributed by atoms with van der Waals surface area (Å²) in [7, 11) is 0. The number of carbonyl (C=O) groups excluding carboxylic acids is 1. The van der Waals surface area contributed by atoms with Gasteiger partial charge in [-0.2, -0.15) is 5.10 Å². The Morgan fingerprint density at radius 3 is 2.75 bits per heavy atom. The molecule has 0 bridgehead atoms. The quantitative estimate of drug-likeness (QED) is 0.478. The Morgan fingerprint density at radius 1 is 1.12 bits per heavy atom. The highest BCUT2D eigenvalue weighted by atomic mass is 32.1. The van der Waals surface area contributed by atoms with Crippen molar-refractivity contribution in [3.8, 4) is 17.0 Å². The number of rotatable bonds is 4. The predicted molar refractivity (Wildman–Crippen MR) is 126 cm³/mol. The van der Waals surface area contributed by atoms with E-state index >= 15 is 0 Å². The molecule has 0 unspecified atom stereocenters. The zero-order chi connectivity index (χ0) is 21.9. The topological polar surface area (TPSA) is 80.9 Å². The minimum absolute atomic E-state index is 0.0284. The van der Waals surface area contributed by atoms with E-state index in [1.807, 2.05) is 66.9 Å². The van der Waals surface area contributed by atoms with E-state index < -0.39 is 0 Å². The molecule has 4 aromatic rings. The molecule has 3 heterocycles. The van der Waals surface area contributed by atoms with Crippen molar-refractivity contribution in [2.75, 3.05) is 11.9 Å². The van der Waals surface area contributed by atoms with E-state index in [9.17, 15) is 4.79 Å². The van der Waals surface area contributed by atoms with Gasteiger partial charge >= 0.3 is 0 Å². The van der Waals surface area contributed by atoms with Crippen LogP contribution in [0.1, 0.15) is 11.1 Å². The van der Waals surface area contributed by atoms with E-state index in [0.717, 1.165) is 27.3 Å². The molecular weight excluding hydrogens is 422 g/mol. The van der Waals surface area contributed by atoms with E-state index in [4.69, 9.17) is 14.8 Å². The van der Waals surface area contributed by atoms with E-state index in [1.54, 1.807) is 23.3 Å². The zero-order valence-electron chi connectivity index (χ0n) is 17.2. The van der Waals surface area contributed by atoms with Crippen LogP contribution in [-0.4, -0.2) is 28.4 Å². The highest BCUT2D eigenvalue weighted by molar-refractivity contribution is 7.07. The van der Waals surface area contributed by atoms with Gasteiger partial charge in [0.1, 0.15) is 5.75 Å². The van der Waals surface area contributed by atoms with Crippen molar-refractivity contribution in [1.82, 2.24) is 9.66 Å². The van der Waals surface area contributed by atoms with Crippen molar-refractivity contribution in [1.29, 1.82) is 0 Å². The normalized spacial score (nSPS) is 13.7. The zero-order valence-corrected chi connectivity index (χ0v) is 18.0. The van der Waals surface area contributed by atoms with Crippen molar-refractivity contribution < 1.29 is 9.53 Å². The first-order chi connectivity index (χ1) is 15.7. The van der Waals surface area contributed by atoms with Gasteiger partial charge in [0.2, 0.25) is 4.80 Å². The number of carbonyl (C=O) groups is 1. The maximum Gasteiger partial charge on any atom is 0.262 e. The molecule has 0 spiro atoms. The molecule has 158 valence electrons. The molecule has 0 saturated carbocycles. The molecule has 0 aliphatic carbocycles. The average Bonchev–Trinajstić information content (AvgIpc) is 3.21. The molecule has 0 atom stereocenters. The Balaban J connectivity index is 1.62. The summed E-state index contributed by atoms with van der Waals surface area (Å²) in [5, 5.41) is 9.58. The highest BCUT2D eigenvalue weighted by Crippen LogP contribution is 2.33. The summed E-state index contributed by atoms with van der Waals surface area (Å²) in [5.74, 6) is 0.485. The number of hydrogen-bond acceptors (Lipinski definition) is 6. The number of anilines is 1. The minimum atomic E-state index is -0.168. The van der Waals surface area contributed by atoms with Crippen LogP contribution in [0.2, 0.25) is 0 Å². The fourth-order valence-corrected chi connectivity index (χ4v) is 4.09. The van der Waals surface area contributed by atoms with Crippen LogP contribution in [0.4, 0.5) is 11.4 Å². The Kier molecular flexibility index (Phi) is 5.35. The second-order valence-electron chi connectivity index (χ2n) is 7.24. The maximum atomic E-state index is 11.7. The summed E-state index contributed by atoms with van der Waals surface area (Å²) >= 11 is 1.49. The van der Waals surface area contributed by atoms with Gasteiger partial charge < -0.3 is 10.1 Å². The second kappa shape index (κ2) is 8.60. The number of fused-ring (bicyclic) bond motifs is 1. The molecule has 1 aliphatic rings. The Bertz CT molecular complexity index is 1370. The van der Waals surface area contributed by atoms with Gasteiger partial charge in [0, 0.05) is 23.3 Å². The first kappa shape index (κ1) is 19.9. The van der Waals surface area contributed by atoms with Crippen LogP contribution in [0.3, 0.4) is 0 Å². The number of amides is 1. The molecule has 0 saturated heterocycles. The lowest BCUT2D eigenvalue weighted by Gasteiger charge is -2.18. The Labute approximate surface area is 188 Å². The monoisotopic (exact) mass is 441 g/mol. The highest BCUT2D eigenvalue weighted by Gasteiger charge is 2.17. The Morgan fingerprint density at radius 2 is 1.94 bits per heavy atom. The molecule has 2 aromatic heterocycles. The molecule has 1 N–H and O–H groups in total. The summed E-state index contributed by atoms with van der Waals surface area (Å²) in [5.41, 5.74) is 5.35. The SMILES string of the molecule is Cc1ccc(N=c2scc(-c3ccc4c(c3)NC(=O)CO4)n2N=Cc2ccncc2)cc1. The Hall–Kier alpha value is -4.04. The van der Waals surface area contributed by atoms with Crippen LogP contribution in [0, 0.1) is 6.92 Å². The summed E-state index contributed by atoms with van der Waals surface area (Å²) in [6, 6.07) is 17.5. The van der Waals surface area contributed by atoms with Crippen LogP contribution < -0.4 is 14.9 Å². The van der Waals surface area contributed by atoms with Crippen molar-refractivity contribution >= 4 is 34.8 Å². The molecule has 2 aromatic carbocycles. The number of nitrogens with one attached hydrogen (secondary N) is 1. The van der Waals surface area contributed by atoms with Crippen molar-refractivity contribution in [3.63, 3.8) is 0 Å². The van der Waals surface area contributed by atoms with E-state index in [-0.39, 0.29) is 12.5 Å². The van der Waals surface area contributed by atoms with Gasteiger partial charge in [-0.05, 0) is 55.0 Å². The van der Waals surface area contributed by atoms with Crippen LogP contribution in [-0.2, 0) is 4.79 Å². The number of pyridine rings is 1. The van der Waals surface area contributed by atoms with Crippen molar-refractivity contribution in [2.24, 2.45) is 10.1 Å². The number of benzene rings is 2. The fraction of sp³-hybridized carbons (Fsp3) is 0.0833. The van der Waals surface area contributed by atoms with Gasteiger partial charge in [-0.3, -0.25) is 9.78 Å². The van der Waals surface area contributed by atoms with Gasteiger partial charge in [-0.1, -0.05) is 17.7 Å².